The van der Waals surface area contributed by atoms with Gasteiger partial charge >= 0.3 is 0 Å². The molecule has 1 unspecified atom stereocenters. The summed E-state index contributed by atoms with van der Waals surface area (Å²) in [4.78, 5) is 11.9. The van der Waals surface area contributed by atoms with Crippen molar-refractivity contribution in [3.63, 3.8) is 0 Å². The molecule has 0 saturated carbocycles. The van der Waals surface area contributed by atoms with E-state index in [2.05, 4.69) is 5.32 Å². The van der Waals surface area contributed by atoms with Crippen LogP contribution in [0.15, 0.2) is 39.5 Å². The molecule has 88 valence electrons. The summed E-state index contributed by atoms with van der Waals surface area (Å²) in [6.45, 7) is 2.16. The van der Waals surface area contributed by atoms with Crippen LogP contribution in [-0.4, -0.2) is 19.7 Å². The Morgan fingerprint density at radius 2 is 2.18 bits per heavy atom. The highest BCUT2D eigenvalue weighted by atomic mass is 16.5. The van der Waals surface area contributed by atoms with Crippen molar-refractivity contribution in [3.05, 3.63) is 46.3 Å². The fraction of sp³-hybridized carbons (Fsp3) is 0.308. The van der Waals surface area contributed by atoms with Crippen LogP contribution in [0.5, 0.6) is 0 Å². The normalized spacial score (nSPS) is 20.6. The third kappa shape index (κ3) is 1.97. The molecule has 0 aliphatic carbocycles. The van der Waals surface area contributed by atoms with Gasteiger partial charge in [-0.3, -0.25) is 4.79 Å². The van der Waals surface area contributed by atoms with Gasteiger partial charge in [0, 0.05) is 19.2 Å². The molecule has 3 rings (SSSR count). The van der Waals surface area contributed by atoms with Crippen molar-refractivity contribution in [2.75, 3.05) is 19.7 Å². The lowest BCUT2D eigenvalue weighted by Crippen LogP contribution is -2.33. The molecule has 0 amide bonds. The first-order valence-electron chi connectivity index (χ1n) is 5.70. The van der Waals surface area contributed by atoms with E-state index in [1.165, 1.54) is 6.07 Å². The fourth-order valence-corrected chi connectivity index (χ4v) is 2.03. The lowest BCUT2D eigenvalue weighted by Gasteiger charge is -2.22. The van der Waals surface area contributed by atoms with Gasteiger partial charge in [0.25, 0.3) is 0 Å². The Morgan fingerprint density at radius 1 is 1.29 bits per heavy atom. The first-order chi connectivity index (χ1) is 8.34. The van der Waals surface area contributed by atoms with Crippen molar-refractivity contribution in [1.82, 2.24) is 5.32 Å². The molecular weight excluding hydrogens is 218 g/mol. The summed E-state index contributed by atoms with van der Waals surface area (Å²) < 4.78 is 11.3. The van der Waals surface area contributed by atoms with E-state index in [9.17, 15) is 4.79 Å². The summed E-state index contributed by atoms with van der Waals surface area (Å²) in [6, 6.07) is 8.79. The highest BCUT2D eigenvalue weighted by molar-refractivity contribution is 5.76. The van der Waals surface area contributed by atoms with Gasteiger partial charge < -0.3 is 14.5 Å². The number of nitrogens with one attached hydrogen (secondary N) is 1. The summed E-state index contributed by atoms with van der Waals surface area (Å²) in [5.41, 5.74) is 0.597. The third-order valence-electron chi connectivity index (χ3n) is 2.90. The standard InChI is InChI=1S/C13H13NO3/c15-10-7-12(13-8-14-5-6-16-13)17-11-4-2-1-3-9(10)11/h1-4,7,13-14H,5-6,8H2. The number of para-hydroxylation sites is 1. The minimum Gasteiger partial charge on any atom is -0.458 e. The van der Waals surface area contributed by atoms with Crippen LogP contribution >= 0.6 is 0 Å². The lowest BCUT2D eigenvalue weighted by atomic mass is 10.1. The molecule has 4 nitrogen and oxygen atoms in total. The lowest BCUT2D eigenvalue weighted by molar-refractivity contribution is 0.0145. The van der Waals surface area contributed by atoms with E-state index in [0.29, 0.717) is 29.9 Å². The molecule has 1 aliphatic rings. The van der Waals surface area contributed by atoms with E-state index in [4.69, 9.17) is 9.15 Å². The molecule has 2 aromatic rings. The summed E-state index contributed by atoms with van der Waals surface area (Å²) >= 11 is 0. The van der Waals surface area contributed by atoms with Gasteiger partial charge in [0.1, 0.15) is 17.4 Å². The van der Waals surface area contributed by atoms with Gasteiger partial charge in [0.15, 0.2) is 5.43 Å². The molecule has 0 radical (unpaired) electrons. The minimum absolute atomic E-state index is 0.0176. The number of hydrogen-bond donors (Lipinski definition) is 1. The monoisotopic (exact) mass is 231 g/mol. The molecule has 0 bridgehead atoms. The molecule has 1 aliphatic heterocycles. The number of hydrogen-bond acceptors (Lipinski definition) is 4. The number of benzene rings is 1. The maximum atomic E-state index is 11.9. The third-order valence-corrected chi connectivity index (χ3v) is 2.90. The summed E-state index contributed by atoms with van der Waals surface area (Å²) in [7, 11) is 0. The second-order valence-electron chi connectivity index (χ2n) is 4.07. The first kappa shape index (κ1) is 10.5. The van der Waals surface area contributed by atoms with E-state index in [0.717, 1.165) is 6.54 Å². The van der Waals surface area contributed by atoms with Gasteiger partial charge in [-0.25, -0.2) is 0 Å². The van der Waals surface area contributed by atoms with Crippen LogP contribution in [-0.2, 0) is 4.74 Å². The molecule has 1 atom stereocenters. The molecule has 4 heteroatoms. The maximum Gasteiger partial charge on any atom is 0.193 e. The van der Waals surface area contributed by atoms with E-state index in [-0.39, 0.29) is 11.5 Å². The Labute approximate surface area is 98.2 Å². The highest BCUT2D eigenvalue weighted by Gasteiger charge is 2.19. The smallest absolute Gasteiger partial charge is 0.193 e. The zero-order chi connectivity index (χ0) is 11.7. The molecule has 1 N–H and O–H groups in total. The zero-order valence-electron chi connectivity index (χ0n) is 9.31. The largest absolute Gasteiger partial charge is 0.458 e. The summed E-state index contributed by atoms with van der Waals surface area (Å²) in [6.07, 6.45) is -0.166. The van der Waals surface area contributed by atoms with Gasteiger partial charge in [-0.2, -0.15) is 0 Å². The quantitative estimate of drug-likeness (QED) is 0.807. The van der Waals surface area contributed by atoms with Crippen molar-refractivity contribution in [2.24, 2.45) is 0 Å². The molecule has 1 aromatic heterocycles. The van der Waals surface area contributed by atoms with Crippen molar-refractivity contribution in [1.29, 1.82) is 0 Å². The average molecular weight is 231 g/mol. The maximum absolute atomic E-state index is 11.9. The van der Waals surface area contributed by atoms with Crippen LogP contribution in [0.3, 0.4) is 0 Å². The summed E-state index contributed by atoms with van der Waals surface area (Å²) in [5.74, 6) is 0.598. The second kappa shape index (κ2) is 4.31. The molecular formula is C13H13NO3. The zero-order valence-corrected chi connectivity index (χ0v) is 9.31. The molecule has 1 aromatic carbocycles. The molecule has 2 heterocycles. The predicted molar refractivity (Wildman–Crippen MR) is 64.0 cm³/mol. The Morgan fingerprint density at radius 3 is 3.00 bits per heavy atom. The molecule has 1 fully saturated rings. The number of fused-ring (bicyclic) bond motifs is 1. The van der Waals surface area contributed by atoms with Gasteiger partial charge in [0.05, 0.1) is 12.0 Å². The van der Waals surface area contributed by atoms with Gasteiger partial charge in [-0.15, -0.1) is 0 Å². The highest BCUT2D eigenvalue weighted by Crippen LogP contribution is 2.20. The average Bonchev–Trinajstić information content (AvgIpc) is 2.40. The van der Waals surface area contributed by atoms with Crippen molar-refractivity contribution in [3.8, 4) is 0 Å². The van der Waals surface area contributed by atoms with Crippen molar-refractivity contribution in [2.45, 2.75) is 6.10 Å². The fourth-order valence-electron chi connectivity index (χ4n) is 2.03. The Kier molecular flexibility index (Phi) is 2.66. The first-order valence-corrected chi connectivity index (χ1v) is 5.70. The number of morpholine rings is 1. The molecule has 17 heavy (non-hydrogen) atoms. The van der Waals surface area contributed by atoms with Gasteiger partial charge in [-0.05, 0) is 12.1 Å². The number of ether oxygens (including phenoxy) is 1. The summed E-state index contributed by atoms with van der Waals surface area (Å²) in [5, 5.41) is 3.82. The van der Waals surface area contributed by atoms with Gasteiger partial charge in [0.2, 0.25) is 0 Å². The van der Waals surface area contributed by atoms with Crippen LogP contribution in [0, 0.1) is 0 Å². The van der Waals surface area contributed by atoms with E-state index in [1.54, 1.807) is 12.1 Å². The van der Waals surface area contributed by atoms with Gasteiger partial charge in [-0.1, -0.05) is 12.1 Å². The number of rotatable bonds is 1. The Bertz CT molecular complexity index is 584. The Balaban J connectivity index is 2.08. The Hall–Kier alpha value is -1.65. The van der Waals surface area contributed by atoms with E-state index in [1.807, 2.05) is 12.1 Å². The van der Waals surface area contributed by atoms with Crippen molar-refractivity contribution < 1.29 is 9.15 Å². The molecule has 0 spiro atoms. The molecule has 1 saturated heterocycles. The predicted octanol–water partition coefficient (Wildman–Crippen LogP) is 1.45. The SMILES string of the molecule is O=c1cc(C2CNCCO2)oc2ccccc12. The van der Waals surface area contributed by atoms with E-state index < -0.39 is 0 Å². The van der Waals surface area contributed by atoms with Crippen LogP contribution < -0.4 is 10.7 Å². The van der Waals surface area contributed by atoms with Crippen LogP contribution in [0.2, 0.25) is 0 Å². The van der Waals surface area contributed by atoms with Crippen LogP contribution in [0.1, 0.15) is 11.9 Å². The van der Waals surface area contributed by atoms with Crippen LogP contribution in [0.25, 0.3) is 11.0 Å². The van der Waals surface area contributed by atoms with E-state index >= 15 is 0 Å². The minimum atomic E-state index is -0.166. The topological polar surface area (TPSA) is 51.5 Å². The van der Waals surface area contributed by atoms with Crippen molar-refractivity contribution >= 4 is 11.0 Å². The van der Waals surface area contributed by atoms with Crippen LogP contribution in [0.4, 0.5) is 0 Å². The second-order valence-corrected chi connectivity index (χ2v) is 4.07.